The van der Waals surface area contributed by atoms with Crippen LogP contribution in [0.4, 0.5) is 0 Å². The number of para-hydroxylation sites is 3. The molecule has 0 bridgehead atoms. The van der Waals surface area contributed by atoms with E-state index < -0.39 is 6.10 Å². The first-order valence-electron chi connectivity index (χ1n) is 10.2. The van der Waals surface area contributed by atoms with E-state index >= 15 is 0 Å². The van der Waals surface area contributed by atoms with E-state index in [2.05, 4.69) is 17.0 Å². The van der Waals surface area contributed by atoms with Crippen LogP contribution in [0.1, 0.15) is 37.3 Å². The maximum atomic E-state index is 12.9. The second-order valence-corrected chi connectivity index (χ2v) is 8.19. The molecule has 0 N–H and O–H groups in total. The van der Waals surface area contributed by atoms with Crippen LogP contribution in [0.5, 0.6) is 17.2 Å². The lowest BCUT2D eigenvalue weighted by molar-refractivity contribution is 0.0852. The third-order valence-electron chi connectivity index (χ3n) is 4.96. The Balaban J connectivity index is 1.44. The molecule has 0 saturated carbocycles. The molecule has 2 aromatic carbocycles. The summed E-state index contributed by atoms with van der Waals surface area (Å²) in [5.41, 5.74) is 0.653. The minimum absolute atomic E-state index is 0.209. The van der Waals surface area contributed by atoms with Crippen LogP contribution in [-0.2, 0) is 0 Å². The van der Waals surface area contributed by atoms with Crippen LogP contribution >= 0.6 is 11.3 Å². The van der Waals surface area contributed by atoms with Crippen LogP contribution in [0.25, 0.3) is 11.0 Å². The lowest BCUT2D eigenvalue weighted by Crippen LogP contribution is -2.26. The van der Waals surface area contributed by atoms with Crippen molar-refractivity contribution in [1.29, 1.82) is 0 Å². The first kappa shape index (κ1) is 19.6. The van der Waals surface area contributed by atoms with Gasteiger partial charge in [-0.1, -0.05) is 55.0 Å². The van der Waals surface area contributed by atoms with E-state index in [0.29, 0.717) is 40.0 Å². The molecule has 0 aliphatic carbocycles. The van der Waals surface area contributed by atoms with Crippen molar-refractivity contribution in [3.05, 3.63) is 74.8 Å². The Hall–Kier alpha value is -3.39. The fourth-order valence-electron chi connectivity index (χ4n) is 3.33. The zero-order valence-electron chi connectivity index (χ0n) is 17.0. The number of hydrogen-bond donors (Lipinski definition) is 0. The number of benzene rings is 2. The molecule has 0 spiro atoms. The number of unbranched alkanes of at least 4 members (excludes halogenated alkanes) is 1. The largest absolute Gasteiger partial charge is 0.493 e. The predicted octanol–water partition coefficient (Wildman–Crippen LogP) is 3.39. The Labute approximate surface area is 182 Å². The minimum Gasteiger partial charge on any atom is -0.493 e. The summed E-state index contributed by atoms with van der Waals surface area (Å²) in [5, 5.41) is 4.40. The van der Waals surface area contributed by atoms with Gasteiger partial charge in [-0.3, -0.25) is 4.79 Å². The summed E-state index contributed by atoms with van der Waals surface area (Å²) in [6.45, 7) is 3.07. The quantitative estimate of drug-likeness (QED) is 0.432. The Bertz CT molecular complexity index is 1330. The zero-order chi connectivity index (χ0) is 21.2. The van der Waals surface area contributed by atoms with E-state index in [-0.39, 0.29) is 5.56 Å². The molecule has 158 valence electrons. The molecule has 31 heavy (non-hydrogen) atoms. The second kappa shape index (κ2) is 8.39. The van der Waals surface area contributed by atoms with Crippen LogP contribution in [0, 0.1) is 0 Å². The number of ether oxygens (including phenoxy) is 3. The van der Waals surface area contributed by atoms with Crippen molar-refractivity contribution in [2.75, 3.05) is 13.2 Å². The van der Waals surface area contributed by atoms with Crippen LogP contribution in [0.3, 0.4) is 0 Å². The fourth-order valence-corrected chi connectivity index (χ4v) is 4.24. The van der Waals surface area contributed by atoms with Crippen LogP contribution in [0.15, 0.2) is 53.3 Å². The summed E-state index contributed by atoms with van der Waals surface area (Å²) in [5.74, 6) is 2.54. The molecule has 8 heteroatoms. The molecule has 0 radical (unpaired) electrons. The standard InChI is InChI=1S/C23H21N3O4S/c1-2-3-12-28-16-9-5-4-8-15(16)13-20-22(27)26-23(31-20)24-21(25-26)19-14-29-17-10-6-7-11-18(17)30-19/h4-11,13,19H,2-3,12,14H2,1H3/b20-13+/t19-/m1/s1. The van der Waals surface area contributed by atoms with Gasteiger partial charge in [-0.15, -0.1) is 5.10 Å². The van der Waals surface area contributed by atoms with Crippen molar-refractivity contribution in [3.63, 3.8) is 0 Å². The lowest BCUT2D eigenvalue weighted by atomic mass is 10.2. The average Bonchev–Trinajstić information content (AvgIpc) is 3.34. The fraction of sp³-hybridized carbons (Fsp3) is 0.261. The van der Waals surface area contributed by atoms with Crippen molar-refractivity contribution < 1.29 is 14.2 Å². The summed E-state index contributed by atoms with van der Waals surface area (Å²) in [6, 6.07) is 15.2. The highest BCUT2D eigenvalue weighted by molar-refractivity contribution is 7.15. The molecule has 5 rings (SSSR count). The van der Waals surface area contributed by atoms with Gasteiger partial charge in [0.1, 0.15) is 12.4 Å². The van der Waals surface area contributed by atoms with E-state index in [1.54, 1.807) is 0 Å². The molecular formula is C23H21N3O4S. The van der Waals surface area contributed by atoms with Gasteiger partial charge in [-0.2, -0.15) is 9.50 Å². The number of fused-ring (bicyclic) bond motifs is 2. The van der Waals surface area contributed by atoms with E-state index in [4.69, 9.17) is 14.2 Å². The van der Waals surface area contributed by atoms with Crippen molar-refractivity contribution in [2.24, 2.45) is 0 Å². The molecule has 0 fully saturated rings. The Morgan fingerprint density at radius 3 is 2.84 bits per heavy atom. The molecule has 0 amide bonds. The van der Waals surface area contributed by atoms with Gasteiger partial charge in [-0.25, -0.2) is 0 Å². The maximum absolute atomic E-state index is 12.9. The smallest absolute Gasteiger partial charge is 0.291 e. The van der Waals surface area contributed by atoms with Gasteiger partial charge in [0.05, 0.1) is 11.1 Å². The molecule has 7 nitrogen and oxygen atoms in total. The van der Waals surface area contributed by atoms with E-state index in [1.165, 1.54) is 15.9 Å². The van der Waals surface area contributed by atoms with Crippen LogP contribution in [-0.4, -0.2) is 27.8 Å². The number of hydrogen-bond acceptors (Lipinski definition) is 7. The summed E-state index contributed by atoms with van der Waals surface area (Å²) < 4.78 is 19.5. The first-order valence-corrected chi connectivity index (χ1v) is 11.1. The Morgan fingerprint density at radius 1 is 1.19 bits per heavy atom. The van der Waals surface area contributed by atoms with Crippen molar-refractivity contribution in [3.8, 4) is 17.2 Å². The Kier molecular flexibility index (Phi) is 5.30. The molecule has 3 heterocycles. The maximum Gasteiger partial charge on any atom is 0.291 e. The monoisotopic (exact) mass is 435 g/mol. The highest BCUT2D eigenvalue weighted by Gasteiger charge is 2.27. The lowest BCUT2D eigenvalue weighted by Gasteiger charge is -2.24. The molecule has 0 unspecified atom stereocenters. The van der Waals surface area contributed by atoms with Crippen LogP contribution in [0.2, 0.25) is 0 Å². The molecule has 1 aliphatic rings. The third kappa shape index (κ3) is 3.86. The summed E-state index contributed by atoms with van der Waals surface area (Å²) in [6.07, 6.45) is 3.42. The van der Waals surface area contributed by atoms with Crippen molar-refractivity contribution in [1.82, 2.24) is 14.6 Å². The molecular weight excluding hydrogens is 414 g/mol. The van der Waals surface area contributed by atoms with Crippen molar-refractivity contribution >= 4 is 22.4 Å². The highest BCUT2D eigenvalue weighted by Crippen LogP contribution is 2.35. The van der Waals surface area contributed by atoms with Crippen molar-refractivity contribution in [2.45, 2.75) is 25.9 Å². The summed E-state index contributed by atoms with van der Waals surface area (Å²) in [4.78, 5) is 18.0. The molecule has 0 saturated heterocycles. The van der Waals surface area contributed by atoms with Gasteiger partial charge < -0.3 is 14.2 Å². The number of nitrogens with zero attached hydrogens (tertiary/aromatic N) is 3. The molecule has 2 aromatic heterocycles. The minimum atomic E-state index is -0.457. The highest BCUT2D eigenvalue weighted by atomic mass is 32.1. The van der Waals surface area contributed by atoms with E-state index in [9.17, 15) is 4.79 Å². The van der Waals surface area contributed by atoms with E-state index in [0.717, 1.165) is 24.2 Å². The number of thiazole rings is 1. The molecule has 1 aliphatic heterocycles. The summed E-state index contributed by atoms with van der Waals surface area (Å²) in [7, 11) is 0. The normalized spacial score (nSPS) is 16.0. The number of aromatic nitrogens is 3. The zero-order valence-corrected chi connectivity index (χ0v) is 17.8. The first-order chi connectivity index (χ1) is 15.2. The third-order valence-corrected chi connectivity index (χ3v) is 5.92. The van der Waals surface area contributed by atoms with E-state index in [1.807, 2.05) is 54.6 Å². The van der Waals surface area contributed by atoms with Crippen LogP contribution < -0.4 is 24.3 Å². The van der Waals surface area contributed by atoms with Gasteiger partial charge in [0.25, 0.3) is 5.56 Å². The molecule has 1 atom stereocenters. The van der Waals surface area contributed by atoms with Gasteiger partial charge in [-0.05, 0) is 30.7 Å². The summed E-state index contributed by atoms with van der Waals surface area (Å²) >= 11 is 1.30. The number of rotatable bonds is 6. The van der Waals surface area contributed by atoms with Gasteiger partial charge >= 0.3 is 0 Å². The topological polar surface area (TPSA) is 74.9 Å². The Morgan fingerprint density at radius 2 is 2.00 bits per heavy atom. The van der Waals surface area contributed by atoms with Gasteiger partial charge in [0.2, 0.25) is 4.96 Å². The predicted molar refractivity (Wildman–Crippen MR) is 118 cm³/mol. The van der Waals surface area contributed by atoms with Gasteiger partial charge in [0, 0.05) is 5.56 Å². The molecule has 4 aromatic rings. The second-order valence-electron chi connectivity index (χ2n) is 7.18. The average molecular weight is 436 g/mol. The SMILES string of the molecule is CCCCOc1ccccc1/C=c1/sc2nc([C@H]3COc4ccccc4O3)nn2c1=O. The van der Waals surface area contributed by atoms with Gasteiger partial charge in [0.15, 0.2) is 23.4 Å².